The number of aliphatic hydroxyl groups is 2. The lowest BCUT2D eigenvalue weighted by Crippen LogP contribution is -2.30. The van der Waals surface area contributed by atoms with Gasteiger partial charge in [0, 0.05) is 19.7 Å². The van der Waals surface area contributed by atoms with Crippen LogP contribution < -0.4 is 0 Å². The maximum Gasteiger partial charge on any atom is 0.0558 e. The Bertz CT molecular complexity index is 107. The van der Waals surface area contributed by atoms with E-state index in [1.54, 1.807) is 0 Å². The minimum atomic E-state index is 0.212. The van der Waals surface area contributed by atoms with Gasteiger partial charge in [0.1, 0.15) is 0 Å². The maximum absolute atomic E-state index is 8.80. The third-order valence-corrected chi connectivity index (χ3v) is 2.07. The van der Waals surface area contributed by atoms with E-state index < -0.39 is 0 Å². The van der Waals surface area contributed by atoms with Gasteiger partial charge in [0.15, 0.2) is 0 Å². The van der Waals surface area contributed by atoms with Crippen LogP contribution in [0.15, 0.2) is 0 Å². The zero-order valence-corrected chi connectivity index (χ0v) is 8.87. The van der Waals surface area contributed by atoms with E-state index in [4.69, 9.17) is 10.2 Å². The van der Waals surface area contributed by atoms with E-state index in [2.05, 4.69) is 18.7 Å². The zero-order valence-electron chi connectivity index (χ0n) is 8.87. The van der Waals surface area contributed by atoms with Gasteiger partial charge in [0.2, 0.25) is 0 Å². The standard InChI is InChI=1S/C10H23NO2/c1-10(2)4-6-11(7-9-13)5-3-8-12/h10,12-13H,3-9H2,1-2H3. The quantitative estimate of drug-likeness (QED) is 0.591. The van der Waals surface area contributed by atoms with E-state index in [1.807, 2.05) is 0 Å². The molecule has 0 spiro atoms. The predicted octanol–water partition coefficient (Wildman–Crippen LogP) is 0.709. The van der Waals surface area contributed by atoms with Crippen molar-refractivity contribution in [2.45, 2.75) is 26.7 Å². The van der Waals surface area contributed by atoms with Gasteiger partial charge in [-0.25, -0.2) is 0 Å². The maximum atomic E-state index is 8.80. The molecule has 0 heterocycles. The summed E-state index contributed by atoms with van der Waals surface area (Å²) in [5, 5.41) is 17.5. The van der Waals surface area contributed by atoms with Crippen LogP contribution in [-0.4, -0.2) is 48.0 Å². The topological polar surface area (TPSA) is 43.7 Å². The van der Waals surface area contributed by atoms with Crippen LogP contribution in [0.5, 0.6) is 0 Å². The molecule has 13 heavy (non-hydrogen) atoms. The van der Waals surface area contributed by atoms with E-state index in [9.17, 15) is 0 Å². The second-order valence-corrected chi connectivity index (χ2v) is 3.82. The molecule has 0 aliphatic carbocycles. The average Bonchev–Trinajstić information content (AvgIpc) is 2.09. The summed E-state index contributed by atoms with van der Waals surface area (Å²) in [5.41, 5.74) is 0. The molecule has 0 aromatic heterocycles. The Morgan fingerprint density at radius 1 is 1.00 bits per heavy atom. The lowest BCUT2D eigenvalue weighted by atomic mass is 10.1. The molecule has 0 aliphatic heterocycles. The number of nitrogens with zero attached hydrogens (tertiary/aromatic N) is 1. The molecule has 0 radical (unpaired) electrons. The van der Waals surface area contributed by atoms with Gasteiger partial charge in [-0.2, -0.15) is 0 Å². The van der Waals surface area contributed by atoms with Crippen LogP contribution in [0.2, 0.25) is 0 Å². The number of rotatable bonds is 8. The Morgan fingerprint density at radius 2 is 1.69 bits per heavy atom. The Hall–Kier alpha value is -0.120. The predicted molar refractivity (Wildman–Crippen MR) is 54.7 cm³/mol. The summed E-state index contributed by atoms with van der Waals surface area (Å²) >= 11 is 0. The summed E-state index contributed by atoms with van der Waals surface area (Å²) in [6.07, 6.45) is 1.96. The lowest BCUT2D eigenvalue weighted by Gasteiger charge is -2.21. The minimum Gasteiger partial charge on any atom is -0.396 e. The largest absolute Gasteiger partial charge is 0.396 e. The third-order valence-electron chi connectivity index (χ3n) is 2.07. The number of aliphatic hydroxyl groups excluding tert-OH is 2. The smallest absolute Gasteiger partial charge is 0.0558 e. The molecule has 3 nitrogen and oxygen atoms in total. The van der Waals surface area contributed by atoms with E-state index in [0.717, 1.165) is 32.5 Å². The first kappa shape index (κ1) is 12.9. The molecule has 0 aliphatic rings. The Balaban J connectivity index is 3.53. The van der Waals surface area contributed by atoms with Gasteiger partial charge in [-0.05, 0) is 25.3 Å². The van der Waals surface area contributed by atoms with E-state index in [-0.39, 0.29) is 13.2 Å². The highest BCUT2D eigenvalue weighted by Gasteiger charge is 2.04. The van der Waals surface area contributed by atoms with Crippen LogP contribution >= 0.6 is 0 Å². The molecule has 80 valence electrons. The van der Waals surface area contributed by atoms with Crippen LogP contribution in [0.3, 0.4) is 0 Å². The minimum absolute atomic E-state index is 0.212. The second kappa shape index (κ2) is 8.48. The van der Waals surface area contributed by atoms with Crippen LogP contribution in [0.25, 0.3) is 0 Å². The number of hydrogen-bond acceptors (Lipinski definition) is 3. The van der Waals surface area contributed by atoms with Crippen LogP contribution in [0.4, 0.5) is 0 Å². The summed E-state index contributed by atoms with van der Waals surface area (Å²) in [5.74, 6) is 0.704. The third kappa shape index (κ3) is 8.22. The molecule has 0 bridgehead atoms. The van der Waals surface area contributed by atoms with E-state index in [1.165, 1.54) is 0 Å². The molecule has 0 atom stereocenters. The molecule has 0 aromatic carbocycles. The Kier molecular flexibility index (Phi) is 8.40. The van der Waals surface area contributed by atoms with Gasteiger partial charge in [0.05, 0.1) is 6.61 Å². The van der Waals surface area contributed by atoms with Crippen molar-refractivity contribution in [3.8, 4) is 0 Å². The van der Waals surface area contributed by atoms with E-state index in [0.29, 0.717) is 5.92 Å². The monoisotopic (exact) mass is 189 g/mol. The van der Waals surface area contributed by atoms with Gasteiger partial charge in [-0.15, -0.1) is 0 Å². The van der Waals surface area contributed by atoms with Gasteiger partial charge in [0.25, 0.3) is 0 Å². The highest BCUT2D eigenvalue weighted by molar-refractivity contribution is 4.58. The molecule has 0 aromatic rings. The molecule has 0 fully saturated rings. The lowest BCUT2D eigenvalue weighted by molar-refractivity contribution is 0.174. The molecule has 2 N–H and O–H groups in total. The first-order valence-electron chi connectivity index (χ1n) is 5.14. The van der Waals surface area contributed by atoms with Crippen molar-refractivity contribution < 1.29 is 10.2 Å². The van der Waals surface area contributed by atoms with Gasteiger partial charge < -0.3 is 15.1 Å². The van der Waals surface area contributed by atoms with Crippen LogP contribution in [0.1, 0.15) is 26.7 Å². The van der Waals surface area contributed by atoms with Gasteiger partial charge in [-0.1, -0.05) is 13.8 Å². The summed E-state index contributed by atoms with van der Waals surface area (Å²) in [6.45, 7) is 7.49. The van der Waals surface area contributed by atoms with Gasteiger partial charge in [-0.3, -0.25) is 0 Å². The fourth-order valence-corrected chi connectivity index (χ4v) is 1.21. The molecule has 3 heteroatoms. The molecule has 0 amide bonds. The van der Waals surface area contributed by atoms with Crippen LogP contribution in [-0.2, 0) is 0 Å². The van der Waals surface area contributed by atoms with Crippen molar-refractivity contribution >= 4 is 0 Å². The molecule has 0 unspecified atom stereocenters. The highest BCUT2D eigenvalue weighted by atomic mass is 16.3. The fraction of sp³-hybridized carbons (Fsp3) is 1.00. The first-order valence-corrected chi connectivity index (χ1v) is 5.14. The van der Waals surface area contributed by atoms with E-state index >= 15 is 0 Å². The molecular formula is C10H23NO2. The van der Waals surface area contributed by atoms with Crippen molar-refractivity contribution in [1.82, 2.24) is 4.90 Å². The average molecular weight is 189 g/mol. The first-order chi connectivity index (χ1) is 6.20. The highest BCUT2D eigenvalue weighted by Crippen LogP contribution is 2.02. The summed E-state index contributed by atoms with van der Waals surface area (Å²) in [7, 11) is 0. The summed E-state index contributed by atoms with van der Waals surface area (Å²) in [6, 6.07) is 0. The Morgan fingerprint density at radius 3 is 2.15 bits per heavy atom. The zero-order chi connectivity index (χ0) is 10.1. The van der Waals surface area contributed by atoms with Crippen molar-refractivity contribution in [2.24, 2.45) is 5.92 Å². The van der Waals surface area contributed by atoms with Crippen LogP contribution in [0, 0.1) is 5.92 Å². The Labute approximate surface area is 81.4 Å². The molecule has 0 saturated carbocycles. The number of hydrogen-bond donors (Lipinski definition) is 2. The van der Waals surface area contributed by atoms with Crippen molar-refractivity contribution in [3.05, 3.63) is 0 Å². The SMILES string of the molecule is CC(C)CCN(CCO)CCCO. The van der Waals surface area contributed by atoms with Gasteiger partial charge >= 0.3 is 0 Å². The van der Waals surface area contributed by atoms with Crippen molar-refractivity contribution in [1.29, 1.82) is 0 Å². The summed E-state index contributed by atoms with van der Waals surface area (Å²) in [4.78, 5) is 2.20. The molecular weight excluding hydrogens is 166 g/mol. The molecule has 0 saturated heterocycles. The fourth-order valence-electron chi connectivity index (χ4n) is 1.21. The van der Waals surface area contributed by atoms with Crippen molar-refractivity contribution in [3.63, 3.8) is 0 Å². The van der Waals surface area contributed by atoms with Crippen molar-refractivity contribution in [2.75, 3.05) is 32.8 Å². The molecule has 0 rings (SSSR count). The second-order valence-electron chi connectivity index (χ2n) is 3.82. The normalized spacial score (nSPS) is 11.5. The summed E-state index contributed by atoms with van der Waals surface area (Å²) < 4.78 is 0.